The van der Waals surface area contributed by atoms with Gasteiger partial charge in [0.05, 0.1) is 0 Å². The van der Waals surface area contributed by atoms with Gasteiger partial charge in [-0.15, -0.1) is 0 Å². The molecule has 2 amide bonds. The molecular formula is C17H16N2O3Se. The molecule has 0 aliphatic carbocycles. The number of rotatable bonds is 6. The van der Waals surface area contributed by atoms with Crippen molar-refractivity contribution >= 4 is 31.2 Å². The molecule has 1 aliphatic heterocycles. The fourth-order valence-corrected chi connectivity index (χ4v) is 4.45. The quantitative estimate of drug-likeness (QED) is 0.553. The van der Waals surface area contributed by atoms with E-state index in [1.807, 2.05) is 48.5 Å². The van der Waals surface area contributed by atoms with Crippen LogP contribution in [-0.2, 0) is 9.59 Å². The third-order valence-electron chi connectivity index (χ3n) is 3.31. The molecule has 1 fully saturated rings. The summed E-state index contributed by atoms with van der Waals surface area (Å²) in [4.78, 5) is 23.6. The summed E-state index contributed by atoms with van der Waals surface area (Å²) >= 11 is 0.0768. The van der Waals surface area contributed by atoms with Crippen molar-refractivity contribution in [3.05, 3.63) is 60.7 Å². The zero-order valence-corrected chi connectivity index (χ0v) is 14.0. The van der Waals surface area contributed by atoms with Gasteiger partial charge in [0.15, 0.2) is 0 Å². The van der Waals surface area contributed by atoms with Gasteiger partial charge >= 0.3 is 140 Å². The predicted octanol–water partition coefficient (Wildman–Crippen LogP) is 0.0358. The molecular weight excluding hydrogens is 359 g/mol. The Bertz CT molecular complexity index is 679. The summed E-state index contributed by atoms with van der Waals surface area (Å²) < 4.78 is 6.57. The van der Waals surface area contributed by atoms with Gasteiger partial charge in [0.2, 0.25) is 0 Å². The van der Waals surface area contributed by atoms with Gasteiger partial charge in [-0.3, -0.25) is 0 Å². The summed E-state index contributed by atoms with van der Waals surface area (Å²) in [5.74, 6) is 0.203. The summed E-state index contributed by atoms with van der Waals surface area (Å²) in [7, 11) is 0. The predicted molar refractivity (Wildman–Crippen MR) is 87.6 cm³/mol. The van der Waals surface area contributed by atoms with E-state index in [2.05, 4.69) is 10.6 Å². The Morgan fingerprint density at radius 3 is 2.39 bits per heavy atom. The number of carbonyl (C=O) groups excluding carboxylic acids is 2. The molecule has 0 radical (unpaired) electrons. The van der Waals surface area contributed by atoms with Crippen molar-refractivity contribution in [1.29, 1.82) is 0 Å². The molecule has 118 valence electrons. The third-order valence-corrected chi connectivity index (χ3v) is 5.80. The van der Waals surface area contributed by atoms with Crippen molar-refractivity contribution in [2.75, 3.05) is 6.61 Å². The number of hydrogen-bond acceptors (Lipinski definition) is 3. The molecule has 5 nitrogen and oxygen atoms in total. The third kappa shape index (κ3) is 4.12. The van der Waals surface area contributed by atoms with Crippen LogP contribution in [0.5, 0.6) is 5.75 Å². The van der Waals surface area contributed by atoms with Crippen LogP contribution in [0.2, 0.25) is 0 Å². The first-order valence-electron chi connectivity index (χ1n) is 7.22. The SMILES string of the molecule is O=C(COc1ccccc1)N[C@H]1C(=O)NC1[Se]c1ccccc1. The number of hydrogen-bond donors (Lipinski definition) is 2. The van der Waals surface area contributed by atoms with Crippen LogP contribution >= 0.6 is 0 Å². The second-order valence-corrected chi connectivity index (χ2v) is 7.56. The fraction of sp³-hybridized carbons (Fsp3) is 0.176. The van der Waals surface area contributed by atoms with Crippen LogP contribution in [0.25, 0.3) is 0 Å². The van der Waals surface area contributed by atoms with Crippen LogP contribution in [0.15, 0.2) is 60.7 Å². The van der Waals surface area contributed by atoms with E-state index in [1.165, 1.54) is 4.46 Å². The molecule has 23 heavy (non-hydrogen) atoms. The van der Waals surface area contributed by atoms with Crippen LogP contribution in [0.4, 0.5) is 0 Å². The van der Waals surface area contributed by atoms with Crippen molar-refractivity contribution in [2.24, 2.45) is 0 Å². The Balaban J connectivity index is 1.49. The average Bonchev–Trinajstić information content (AvgIpc) is 2.59. The molecule has 2 atom stereocenters. The summed E-state index contributed by atoms with van der Waals surface area (Å²) in [6.07, 6.45) is 0. The van der Waals surface area contributed by atoms with Gasteiger partial charge in [-0.1, -0.05) is 0 Å². The molecule has 3 rings (SSSR count). The number of benzene rings is 2. The van der Waals surface area contributed by atoms with Crippen molar-refractivity contribution < 1.29 is 14.3 Å². The topological polar surface area (TPSA) is 67.4 Å². The monoisotopic (exact) mass is 376 g/mol. The molecule has 1 heterocycles. The number of carbonyl (C=O) groups is 2. The first-order chi connectivity index (χ1) is 11.2. The van der Waals surface area contributed by atoms with Gasteiger partial charge in [-0.05, 0) is 0 Å². The van der Waals surface area contributed by atoms with Crippen LogP contribution in [0.3, 0.4) is 0 Å². The zero-order valence-electron chi connectivity index (χ0n) is 12.3. The van der Waals surface area contributed by atoms with Crippen LogP contribution in [0, 0.1) is 0 Å². The zero-order chi connectivity index (χ0) is 16.1. The Labute approximate surface area is 140 Å². The van der Waals surface area contributed by atoms with E-state index in [0.29, 0.717) is 5.75 Å². The molecule has 0 spiro atoms. The number of ether oxygens (including phenoxy) is 1. The van der Waals surface area contributed by atoms with Gasteiger partial charge in [-0.2, -0.15) is 0 Å². The van der Waals surface area contributed by atoms with E-state index >= 15 is 0 Å². The van der Waals surface area contributed by atoms with Crippen LogP contribution in [-0.4, -0.2) is 44.4 Å². The summed E-state index contributed by atoms with van der Waals surface area (Å²) in [6, 6.07) is 18.6. The summed E-state index contributed by atoms with van der Waals surface area (Å²) in [6.45, 7) is -0.0984. The molecule has 6 heteroatoms. The van der Waals surface area contributed by atoms with Gasteiger partial charge in [0.25, 0.3) is 0 Å². The fourth-order valence-electron chi connectivity index (χ4n) is 2.12. The first kappa shape index (κ1) is 15.6. The van der Waals surface area contributed by atoms with E-state index in [-0.39, 0.29) is 38.3 Å². The Hall–Kier alpha value is -2.30. The average molecular weight is 375 g/mol. The van der Waals surface area contributed by atoms with Gasteiger partial charge < -0.3 is 0 Å². The maximum absolute atomic E-state index is 12.0. The van der Waals surface area contributed by atoms with Crippen LogP contribution in [0.1, 0.15) is 0 Å². The number of nitrogens with one attached hydrogen (secondary N) is 2. The number of amides is 2. The van der Waals surface area contributed by atoms with E-state index < -0.39 is 6.04 Å². The van der Waals surface area contributed by atoms with Gasteiger partial charge in [0.1, 0.15) is 0 Å². The van der Waals surface area contributed by atoms with Gasteiger partial charge in [-0.25, -0.2) is 0 Å². The molecule has 2 aromatic carbocycles. The summed E-state index contributed by atoms with van der Waals surface area (Å²) in [5, 5.41) is 5.60. The number of β-lactam (4-membered cyclic amide) rings is 1. The standard InChI is InChI=1S/C17H16N2O3Se/c20-14(11-22-12-7-3-1-4-8-12)18-15-16(21)19-17(15)23-13-9-5-2-6-10-13/h1-10,15,17H,11H2,(H,18,20)(H,19,21)/t15-,17?/m0/s1. The van der Waals surface area contributed by atoms with Crippen LogP contribution < -0.4 is 19.8 Å². The molecule has 1 saturated heterocycles. The van der Waals surface area contributed by atoms with E-state index in [9.17, 15) is 9.59 Å². The van der Waals surface area contributed by atoms with Crippen molar-refractivity contribution in [1.82, 2.24) is 10.6 Å². The van der Waals surface area contributed by atoms with E-state index in [0.717, 1.165) is 0 Å². The van der Waals surface area contributed by atoms with E-state index in [1.54, 1.807) is 12.1 Å². The molecule has 0 aromatic heterocycles. The van der Waals surface area contributed by atoms with E-state index in [4.69, 9.17) is 4.74 Å². The second-order valence-electron chi connectivity index (χ2n) is 5.01. The molecule has 1 aliphatic rings. The first-order valence-corrected chi connectivity index (χ1v) is 9.06. The second kappa shape index (κ2) is 7.31. The molecule has 2 N–H and O–H groups in total. The van der Waals surface area contributed by atoms with Crippen molar-refractivity contribution in [3.63, 3.8) is 0 Å². The molecule has 0 bridgehead atoms. The molecule has 1 unspecified atom stereocenters. The van der Waals surface area contributed by atoms with Crippen molar-refractivity contribution in [3.8, 4) is 5.75 Å². The number of para-hydroxylation sites is 1. The molecule has 0 saturated carbocycles. The normalized spacial score (nSPS) is 19.4. The maximum atomic E-state index is 12.0. The van der Waals surface area contributed by atoms with Crippen molar-refractivity contribution in [2.45, 2.75) is 11.0 Å². The minimum absolute atomic E-state index is 0.0157. The molecule has 2 aromatic rings. The Morgan fingerprint density at radius 2 is 1.74 bits per heavy atom. The Kier molecular flexibility index (Phi) is 4.95. The minimum atomic E-state index is -0.470. The Morgan fingerprint density at radius 1 is 1.09 bits per heavy atom. The van der Waals surface area contributed by atoms with Gasteiger partial charge in [0, 0.05) is 0 Å². The summed E-state index contributed by atoms with van der Waals surface area (Å²) in [5.41, 5.74) is 0.